The zero-order chi connectivity index (χ0) is 16.2. The number of nitrogens with zero attached hydrogens (tertiary/aromatic N) is 1. The number of carbonyl (C=O) groups excluding carboxylic acids is 2. The van der Waals surface area contributed by atoms with Crippen LogP contribution in [0, 0.1) is 5.92 Å². The van der Waals surface area contributed by atoms with Crippen molar-refractivity contribution in [1.29, 1.82) is 0 Å². The second-order valence-corrected chi connectivity index (χ2v) is 6.44. The van der Waals surface area contributed by atoms with Gasteiger partial charge >= 0.3 is 5.97 Å². The number of hydrogen-bond acceptors (Lipinski definition) is 4. The SMILES string of the molecule is O=C(OCC1CCCCO1)C1CC(=O)N(c2cccc(Cl)c2)C1. The summed E-state index contributed by atoms with van der Waals surface area (Å²) in [5.74, 6) is -0.828. The zero-order valence-corrected chi connectivity index (χ0v) is 13.6. The third-order valence-corrected chi connectivity index (χ3v) is 4.50. The van der Waals surface area contributed by atoms with Crippen molar-refractivity contribution in [2.75, 3.05) is 24.7 Å². The van der Waals surface area contributed by atoms with Crippen molar-refractivity contribution >= 4 is 29.2 Å². The van der Waals surface area contributed by atoms with Gasteiger partial charge < -0.3 is 14.4 Å². The molecule has 0 aliphatic carbocycles. The maximum atomic E-state index is 12.2. The number of ether oxygens (including phenoxy) is 2. The van der Waals surface area contributed by atoms with Crippen LogP contribution in [-0.2, 0) is 19.1 Å². The summed E-state index contributed by atoms with van der Waals surface area (Å²) in [4.78, 5) is 25.9. The second kappa shape index (κ2) is 7.32. The molecule has 2 aliphatic heterocycles. The Kier molecular flexibility index (Phi) is 5.18. The van der Waals surface area contributed by atoms with Crippen LogP contribution in [0.15, 0.2) is 24.3 Å². The number of halogens is 1. The molecule has 1 aromatic rings. The Morgan fingerprint density at radius 1 is 1.39 bits per heavy atom. The molecule has 0 aromatic heterocycles. The van der Waals surface area contributed by atoms with Crippen LogP contribution < -0.4 is 4.90 Å². The van der Waals surface area contributed by atoms with Crippen LogP contribution in [0.4, 0.5) is 5.69 Å². The van der Waals surface area contributed by atoms with E-state index in [2.05, 4.69) is 0 Å². The van der Waals surface area contributed by atoms with E-state index in [1.54, 1.807) is 23.1 Å². The van der Waals surface area contributed by atoms with Crippen molar-refractivity contribution in [3.63, 3.8) is 0 Å². The molecule has 0 spiro atoms. The average molecular weight is 338 g/mol. The van der Waals surface area contributed by atoms with Gasteiger partial charge in [0.1, 0.15) is 6.61 Å². The number of rotatable bonds is 4. The van der Waals surface area contributed by atoms with E-state index in [0.29, 0.717) is 17.3 Å². The standard InChI is InChI=1S/C17H20ClNO4/c18-13-4-3-5-14(9-13)19-10-12(8-16(19)20)17(21)23-11-15-6-1-2-7-22-15/h3-5,9,12,15H,1-2,6-8,10-11H2. The maximum absolute atomic E-state index is 12.2. The summed E-state index contributed by atoms with van der Waals surface area (Å²) < 4.78 is 10.9. The highest BCUT2D eigenvalue weighted by molar-refractivity contribution is 6.30. The number of anilines is 1. The third-order valence-electron chi connectivity index (χ3n) is 4.26. The molecule has 23 heavy (non-hydrogen) atoms. The molecule has 2 saturated heterocycles. The number of esters is 1. The van der Waals surface area contributed by atoms with Gasteiger partial charge in [-0.1, -0.05) is 17.7 Å². The Morgan fingerprint density at radius 3 is 3.00 bits per heavy atom. The fourth-order valence-electron chi connectivity index (χ4n) is 2.99. The minimum Gasteiger partial charge on any atom is -0.463 e. The van der Waals surface area contributed by atoms with Gasteiger partial charge in [0.2, 0.25) is 5.91 Å². The first kappa shape index (κ1) is 16.3. The highest BCUT2D eigenvalue weighted by Crippen LogP contribution is 2.28. The Balaban J connectivity index is 1.55. The van der Waals surface area contributed by atoms with Gasteiger partial charge in [-0.2, -0.15) is 0 Å². The molecule has 1 aromatic carbocycles. The first-order chi connectivity index (χ1) is 11.1. The lowest BCUT2D eigenvalue weighted by molar-refractivity contribution is -0.153. The lowest BCUT2D eigenvalue weighted by Crippen LogP contribution is -2.29. The highest BCUT2D eigenvalue weighted by atomic mass is 35.5. The molecule has 2 fully saturated rings. The number of amides is 1. The van der Waals surface area contributed by atoms with Crippen molar-refractivity contribution in [2.45, 2.75) is 31.8 Å². The molecule has 0 N–H and O–H groups in total. The zero-order valence-electron chi connectivity index (χ0n) is 12.9. The summed E-state index contributed by atoms with van der Waals surface area (Å²) in [6, 6.07) is 7.08. The molecule has 2 unspecified atom stereocenters. The van der Waals surface area contributed by atoms with Crippen LogP contribution >= 0.6 is 11.6 Å². The lowest BCUT2D eigenvalue weighted by atomic mass is 10.1. The minimum absolute atomic E-state index is 0.00571. The molecule has 2 aliphatic rings. The van der Waals surface area contributed by atoms with E-state index in [-0.39, 0.29) is 31.0 Å². The van der Waals surface area contributed by atoms with E-state index in [9.17, 15) is 9.59 Å². The van der Waals surface area contributed by atoms with Gasteiger partial charge in [-0.25, -0.2) is 0 Å². The Bertz CT molecular complexity index is 586. The van der Waals surface area contributed by atoms with Crippen molar-refractivity contribution in [2.24, 2.45) is 5.92 Å². The summed E-state index contributed by atoms with van der Waals surface area (Å²) in [6.45, 7) is 1.34. The fourth-order valence-corrected chi connectivity index (χ4v) is 3.18. The minimum atomic E-state index is -0.426. The molecule has 0 radical (unpaired) electrons. The van der Waals surface area contributed by atoms with Crippen LogP contribution in [0.25, 0.3) is 0 Å². The third kappa shape index (κ3) is 4.03. The molecule has 1 amide bonds. The summed E-state index contributed by atoms with van der Waals surface area (Å²) in [5.41, 5.74) is 0.716. The van der Waals surface area contributed by atoms with Crippen LogP contribution in [0.2, 0.25) is 5.02 Å². The largest absolute Gasteiger partial charge is 0.463 e. The van der Waals surface area contributed by atoms with Gasteiger partial charge in [0.05, 0.1) is 12.0 Å². The topological polar surface area (TPSA) is 55.8 Å². The summed E-state index contributed by atoms with van der Waals surface area (Å²) in [5, 5.41) is 0.566. The fraction of sp³-hybridized carbons (Fsp3) is 0.529. The van der Waals surface area contributed by atoms with Crippen molar-refractivity contribution < 1.29 is 19.1 Å². The number of hydrogen-bond donors (Lipinski definition) is 0. The van der Waals surface area contributed by atoms with Gasteiger partial charge in [0.25, 0.3) is 0 Å². The van der Waals surface area contributed by atoms with Crippen LogP contribution in [-0.4, -0.2) is 37.7 Å². The quantitative estimate of drug-likeness (QED) is 0.793. The summed E-state index contributed by atoms with van der Waals surface area (Å²) >= 11 is 5.96. The molecule has 0 bridgehead atoms. The molecular formula is C17H20ClNO4. The van der Waals surface area contributed by atoms with E-state index in [1.807, 2.05) is 6.07 Å². The van der Waals surface area contributed by atoms with Crippen molar-refractivity contribution in [3.05, 3.63) is 29.3 Å². The first-order valence-corrected chi connectivity index (χ1v) is 8.35. The Hall–Kier alpha value is -1.59. The smallest absolute Gasteiger partial charge is 0.311 e. The summed E-state index contributed by atoms with van der Waals surface area (Å²) in [6.07, 6.45) is 3.26. The molecule has 3 rings (SSSR count). The van der Waals surface area contributed by atoms with E-state index in [1.165, 1.54) is 0 Å². The Labute approximate surface area is 140 Å². The molecule has 6 heteroatoms. The Morgan fingerprint density at radius 2 is 2.26 bits per heavy atom. The first-order valence-electron chi connectivity index (χ1n) is 7.97. The van der Waals surface area contributed by atoms with E-state index in [0.717, 1.165) is 25.9 Å². The monoisotopic (exact) mass is 337 g/mol. The molecule has 5 nitrogen and oxygen atoms in total. The van der Waals surface area contributed by atoms with Gasteiger partial charge in [0, 0.05) is 30.3 Å². The van der Waals surface area contributed by atoms with E-state index in [4.69, 9.17) is 21.1 Å². The van der Waals surface area contributed by atoms with Crippen LogP contribution in [0.1, 0.15) is 25.7 Å². The number of benzene rings is 1. The van der Waals surface area contributed by atoms with Gasteiger partial charge in [0.15, 0.2) is 0 Å². The van der Waals surface area contributed by atoms with Gasteiger partial charge in [-0.3, -0.25) is 9.59 Å². The van der Waals surface area contributed by atoms with E-state index < -0.39 is 5.92 Å². The number of carbonyl (C=O) groups is 2. The predicted octanol–water partition coefficient (Wildman–Crippen LogP) is 2.81. The van der Waals surface area contributed by atoms with Crippen molar-refractivity contribution in [3.8, 4) is 0 Å². The molecular weight excluding hydrogens is 318 g/mol. The molecule has 124 valence electrons. The van der Waals surface area contributed by atoms with Crippen LogP contribution in [0.5, 0.6) is 0 Å². The van der Waals surface area contributed by atoms with Gasteiger partial charge in [-0.05, 0) is 37.5 Å². The normalized spacial score (nSPS) is 24.7. The molecule has 2 atom stereocenters. The van der Waals surface area contributed by atoms with E-state index >= 15 is 0 Å². The maximum Gasteiger partial charge on any atom is 0.311 e. The average Bonchev–Trinajstić information content (AvgIpc) is 2.95. The highest BCUT2D eigenvalue weighted by Gasteiger charge is 2.36. The van der Waals surface area contributed by atoms with Crippen molar-refractivity contribution in [1.82, 2.24) is 0 Å². The van der Waals surface area contributed by atoms with Crippen LogP contribution in [0.3, 0.4) is 0 Å². The molecule has 0 saturated carbocycles. The second-order valence-electron chi connectivity index (χ2n) is 6.00. The predicted molar refractivity (Wildman–Crippen MR) is 86.5 cm³/mol. The summed E-state index contributed by atoms with van der Waals surface area (Å²) in [7, 11) is 0. The van der Waals surface area contributed by atoms with Gasteiger partial charge in [-0.15, -0.1) is 0 Å². The molecule has 2 heterocycles. The lowest BCUT2D eigenvalue weighted by Gasteiger charge is -2.22.